The third kappa shape index (κ3) is 3.78. The molecule has 1 fully saturated rings. The molecule has 2 aromatic heterocycles. The molecule has 1 spiro atoms. The van der Waals surface area contributed by atoms with Gasteiger partial charge in [-0.25, -0.2) is 8.78 Å². The molecule has 1 N–H and O–H groups in total. The Balaban J connectivity index is 1.59. The zero-order chi connectivity index (χ0) is 26.5. The Hall–Kier alpha value is -3.78. The van der Waals surface area contributed by atoms with Gasteiger partial charge in [-0.05, 0) is 37.8 Å². The normalized spacial score (nSPS) is 20.9. The zero-order valence-electron chi connectivity index (χ0n) is 20.4. The SMILES string of the molecule is C#CC[C@H]1CCCC12N(CC)C(=O)c1c(O)c(=O)c(-c3nnc(Cc4ccc(F)cc4F)s3)cn1N2C. The van der Waals surface area contributed by atoms with Crippen LogP contribution in [0.3, 0.4) is 0 Å². The van der Waals surface area contributed by atoms with E-state index in [0.717, 1.165) is 36.3 Å². The minimum absolute atomic E-state index is 0.0170. The van der Waals surface area contributed by atoms with Crippen LogP contribution in [-0.2, 0) is 6.42 Å². The highest BCUT2D eigenvalue weighted by Crippen LogP contribution is 2.47. The maximum Gasteiger partial charge on any atom is 0.278 e. The second-order valence-electron chi connectivity index (χ2n) is 9.28. The number of aromatic hydroxyl groups is 1. The van der Waals surface area contributed by atoms with Gasteiger partial charge in [-0.15, -0.1) is 22.5 Å². The van der Waals surface area contributed by atoms with Crippen molar-refractivity contribution in [3.63, 3.8) is 0 Å². The second-order valence-corrected chi connectivity index (χ2v) is 10.3. The molecule has 0 bridgehead atoms. The van der Waals surface area contributed by atoms with E-state index >= 15 is 0 Å². The molecule has 1 unspecified atom stereocenters. The molecule has 1 aromatic carbocycles. The summed E-state index contributed by atoms with van der Waals surface area (Å²) in [5.41, 5.74) is -1.26. The molecule has 1 amide bonds. The lowest BCUT2D eigenvalue weighted by atomic mass is 9.89. The predicted molar refractivity (Wildman–Crippen MR) is 135 cm³/mol. The number of pyridine rings is 1. The number of carbonyl (C=O) groups excluding carboxylic acids is 1. The Morgan fingerprint density at radius 3 is 2.78 bits per heavy atom. The van der Waals surface area contributed by atoms with E-state index in [4.69, 9.17) is 6.42 Å². The number of nitrogens with zero attached hydrogens (tertiary/aromatic N) is 5. The fourth-order valence-electron chi connectivity index (χ4n) is 5.75. The van der Waals surface area contributed by atoms with Crippen LogP contribution in [0.2, 0.25) is 0 Å². The molecule has 1 aliphatic heterocycles. The van der Waals surface area contributed by atoms with Crippen molar-refractivity contribution in [1.29, 1.82) is 0 Å². The van der Waals surface area contributed by atoms with Crippen molar-refractivity contribution >= 4 is 17.2 Å². The summed E-state index contributed by atoms with van der Waals surface area (Å²) in [6, 6.07) is 3.29. The standard InChI is InChI=1S/C26H25F2N5O3S/c1-4-7-16-8-6-11-26(16)31(3)33-14-18(22(34)23(35)21(33)25(36)32(26)5-2)24-30-29-20(37-24)12-15-9-10-17(27)13-19(15)28/h1,9-10,13-14,16,35H,5-8,11-12H2,2-3H3/t16-,26?/m0/s1. The second kappa shape index (κ2) is 9.27. The average molecular weight is 526 g/mol. The number of rotatable bonds is 5. The van der Waals surface area contributed by atoms with Crippen molar-refractivity contribution in [2.75, 3.05) is 18.6 Å². The lowest BCUT2D eigenvalue weighted by Gasteiger charge is -2.55. The first-order chi connectivity index (χ1) is 17.7. The third-order valence-corrected chi connectivity index (χ3v) is 8.41. The average Bonchev–Trinajstić information content (AvgIpc) is 3.50. The van der Waals surface area contributed by atoms with Gasteiger partial charge in [0.05, 0.1) is 5.56 Å². The van der Waals surface area contributed by atoms with Crippen LogP contribution in [0.15, 0.2) is 29.2 Å². The number of fused-ring (bicyclic) bond motifs is 1. The number of halogens is 2. The van der Waals surface area contributed by atoms with Crippen molar-refractivity contribution in [2.45, 2.75) is 44.7 Å². The quantitative estimate of drug-likeness (QED) is 0.513. The van der Waals surface area contributed by atoms with Crippen molar-refractivity contribution in [3.05, 3.63) is 62.5 Å². The summed E-state index contributed by atoms with van der Waals surface area (Å²) >= 11 is 1.06. The van der Waals surface area contributed by atoms with Gasteiger partial charge in [-0.1, -0.05) is 17.4 Å². The molecule has 37 heavy (non-hydrogen) atoms. The first-order valence-electron chi connectivity index (χ1n) is 12.0. The van der Waals surface area contributed by atoms with E-state index in [-0.39, 0.29) is 34.2 Å². The Morgan fingerprint density at radius 1 is 1.30 bits per heavy atom. The van der Waals surface area contributed by atoms with Crippen LogP contribution in [0.25, 0.3) is 10.6 Å². The van der Waals surface area contributed by atoms with Gasteiger partial charge >= 0.3 is 0 Å². The van der Waals surface area contributed by atoms with E-state index in [2.05, 4.69) is 16.1 Å². The Morgan fingerprint density at radius 2 is 2.08 bits per heavy atom. The molecule has 11 heteroatoms. The molecule has 1 aliphatic carbocycles. The van der Waals surface area contributed by atoms with Gasteiger partial charge in [0.1, 0.15) is 22.3 Å². The van der Waals surface area contributed by atoms with Crippen molar-refractivity contribution in [2.24, 2.45) is 5.92 Å². The molecule has 0 radical (unpaired) electrons. The Labute approximate surface area is 216 Å². The lowest BCUT2D eigenvalue weighted by molar-refractivity contribution is 0.0148. The van der Waals surface area contributed by atoms with Crippen LogP contribution in [0.5, 0.6) is 5.75 Å². The highest BCUT2D eigenvalue weighted by molar-refractivity contribution is 7.14. The molecule has 5 rings (SSSR count). The summed E-state index contributed by atoms with van der Waals surface area (Å²) in [7, 11) is 1.82. The van der Waals surface area contributed by atoms with Crippen LogP contribution >= 0.6 is 11.3 Å². The molecule has 1 saturated carbocycles. The van der Waals surface area contributed by atoms with E-state index in [1.165, 1.54) is 16.9 Å². The summed E-state index contributed by atoms with van der Waals surface area (Å²) in [6.45, 7) is 2.25. The number of terminal acetylenes is 1. The van der Waals surface area contributed by atoms with Crippen molar-refractivity contribution in [3.8, 4) is 28.7 Å². The monoisotopic (exact) mass is 525 g/mol. The highest BCUT2D eigenvalue weighted by Gasteiger charge is 2.55. The summed E-state index contributed by atoms with van der Waals surface area (Å²) < 4.78 is 28.9. The maximum absolute atomic E-state index is 14.1. The topological polar surface area (TPSA) is 91.6 Å². The Bertz CT molecular complexity index is 1500. The zero-order valence-corrected chi connectivity index (χ0v) is 21.2. The van der Waals surface area contributed by atoms with Gasteiger partial charge in [0, 0.05) is 44.6 Å². The summed E-state index contributed by atoms with van der Waals surface area (Å²) in [4.78, 5) is 28.5. The molecular formula is C26H25F2N5O3S. The van der Waals surface area contributed by atoms with Crippen molar-refractivity contribution in [1.82, 2.24) is 19.8 Å². The molecule has 8 nitrogen and oxygen atoms in total. The minimum atomic E-state index is -0.748. The summed E-state index contributed by atoms with van der Waals surface area (Å²) in [5, 5.41) is 21.6. The van der Waals surface area contributed by atoms with E-state index in [0.29, 0.717) is 24.4 Å². The highest BCUT2D eigenvalue weighted by atomic mass is 32.1. The van der Waals surface area contributed by atoms with E-state index in [1.807, 2.05) is 19.0 Å². The van der Waals surface area contributed by atoms with E-state index in [1.54, 1.807) is 4.90 Å². The largest absolute Gasteiger partial charge is 0.502 e. The number of amides is 1. The first-order valence-corrected chi connectivity index (χ1v) is 12.8. The lowest BCUT2D eigenvalue weighted by Crippen LogP contribution is -2.70. The van der Waals surface area contributed by atoms with Crippen molar-refractivity contribution < 1.29 is 18.7 Å². The van der Waals surface area contributed by atoms with E-state index < -0.39 is 34.4 Å². The summed E-state index contributed by atoms with van der Waals surface area (Å²) in [6.07, 6.45) is 10.1. The molecule has 3 heterocycles. The number of benzene rings is 1. The van der Waals surface area contributed by atoms with Gasteiger partial charge in [0.15, 0.2) is 16.5 Å². The summed E-state index contributed by atoms with van der Waals surface area (Å²) in [5.74, 6) is 0.266. The molecule has 2 aliphatic rings. The van der Waals surface area contributed by atoms with Gasteiger partial charge in [-0.2, -0.15) is 0 Å². The van der Waals surface area contributed by atoms with Crippen LogP contribution in [0.1, 0.15) is 53.7 Å². The number of hydrogen-bond donors (Lipinski definition) is 1. The molecule has 192 valence electrons. The van der Waals surface area contributed by atoms with Gasteiger partial charge < -0.3 is 10.0 Å². The molecule has 0 saturated heterocycles. The van der Waals surface area contributed by atoms with Gasteiger partial charge in [-0.3, -0.25) is 19.3 Å². The van der Waals surface area contributed by atoms with Crippen LogP contribution in [-0.4, -0.2) is 50.0 Å². The third-order valence-electron chi connectivity index (χ3n) is 7.45. The first kappa shape index (κ1) is 24.9. The molecular weight excluding hydrogens is 500 g/mol. The fourth-order valence-corrected chi connectivity index (χ4v) is 6.62. The van der Waals surface area contributed by atoms with Crippen LogP contribution in [0, 0.1) is 29.9 Å². The maximum atomic E-state index is 14.1. The van der Waals surface area contributed by atoms with E-state index in [9.17, 15) is 23.5 Å². The fraction of sp³-hybridized carbons (Fsp3) is 0.385. The number of aromatic nitrogens is 3. The predicted octanol–water partition coefficient (Wildman–Crippen LogP) is 3.50. The van der Waals surface area contributed by atoms with Gasteiger partial charge in [0.2, 0.25) is 5.43 Å². The molecule has 3 aromatic rings. The minimum Gasteiger partial charge on any atom is -0.502 e. The smallest absolute Gasteiger partial charge is 0.278 e. The van der Waals surface area contributed by atoms with Crippen LogP contribution in [0.4, 0.5) is 8.78 Å². The Kier molecular flexibility index (Phi) is 6.23. The number of carbonyl (C=O) groups is 1. The molecule has 2 atom stereocenters. The van der Waals surface area contributed by atoms with Crippen LogP contribution < -0.4 is 10.4 Å². The number of hydrogen-bond acceptors (Lipinski definition) is 7. The van der Waals surface area contributed by atoms with Gasteiger partial charge in [0.25, 0.3) is 5.91 Å².